The van der Waals surface area contributed by atoms with E-state index in [1.54, 1.807) is 14.0 Å². The van der Waals surface area contributed by atoms with E-state index < -0.39 is 34.4 Å². The van der Waals surface area contributed by atoms with E-state index >= 15 is 0 Å². The maximum atomic E-state index is 12.3. The number of nitrogens with one attached hydrogen (secondary N) is 1. The van der Waals surface area contributed by atoms with Gasteiger partial charge in [-0.1, -0.05) is 0 Å². The van der Waals surface area contributed by atoms with E-state index in [1.807, 2.05) is 0 Å². The lowest BCUT2D eigenvalue weighted by atomic mass is 10.1. The fourth-order valence-corrected chi connectivity index (χ4v) is 4.11. The number of rotatable bonds is 3. The first kappa shape index (κ1) is 14.0. The number of ether oxygens (including phenoxy) is 2. The number of hydrogen-bond donors (Lipinski definition) is 2. The third-order valence-electron chi connectivity index (χ3n) is 3.57. The number of aryl methyl sites for hydroxylation is 2. The van der Waals surface area contributed by atoms with E-state index in [9.17, 15) is 13.5 Å². The summed E-state index contributed by atoms with van der Waals surface area (Å²) in [6.45, 7) is 2.07. The highest BCUT2D eigenvalue weighted by molar-refractivity contribution is 7.89. The minimum Gasteiger partial charge on any atom is -0.388 e. The molecule has 0 bridgehead atoms. The third-order valence-corrected chi connectivity index (χ3v) is 5.11. The number of hydrogen-bond acceptors (Lipinski definition) is 6. The summed E-state index contributed by atoms with van der Waals surface area (Å²) >= 11 is 0. The van der Waals surface area contributed by atoms with E-state index in [0.29, 0.717) is 5.69 Å². The SMILES string of the molecule is Cc1cc(S(=O)(=O)N[C@@H]2CO[C@H]3[C@@H]2OC[C@H]3O)n(C)n1. The van der Waals surface area contributed by atoms with Crippen LogP contribution in [0.3, 0.4) is 0 Å². The van der Waals surface area contributed by atoms with Crippen molar-refractivity contribution in [2.75, 3.05) is 13.2 Å². The lowest BCUT2D eigenvalue weighted by molar-refractivity contribution is 0.0181. The Kier molecular flexibility index (Phi) is 3.33. The van der Waals surface area contributed by atoms with Gasteiger partial charge < -0.3 is 14.6 Å². The molecule has 2 saturated heterocycles. The van der Waals surface area contributed by atoms with E-state index in [2.05, 4.69) is 9.82 Å². The van der Waals surface area contributed by atoms with Crippen molar-refractivity contribution in [2.24, 2.45) is 7.05 Å². The molecule has 2 aliphatic heterocycles. The molecule has 4 atom stereocenters. The van der Waals surface area contributed by atoms with Crippen molar-refractivity contribution in [1.29, 1.82) is 0 Å². The number of sulfonamides is 1. The van der Waals surface area contributed by atoms with Gasteiger partial charge in [0.25, 0.3) is 10.0 Å². The fourth-order valence-electron chi connectivity index (χ4n) is 2.68. The Morgan fingerprint density at radius 3 is 2.75 bits per heavy atom. The fraction of sp³-hybridized carbons (Fsp3) is 0.727. The van der Waals surface area contributed by atoms with Crippen molar-refractivity contribution in [3.8, 4) is 0 Å². The van der Waals surface area contributed by atoms with Gasteiger partial charge in [-0.15, -0.1) is 0 Å². The summed E-state index contributed by atoms with van der Waals surface area (Å²) in [6, 6.07) is 0.998. The predicted octanol–water partition coefficient (Wildman–Crippen LogP) is -1.47. The lowest BCUT2D eigenvalue weighted by Crippen LogP contribution is -2.44. The molecule has 0 radical (unpaired) electrons. The Labute approximate surface area is 116 Å². The quantitative estimate of drug-likeness (QED) is 0.707. The van der Waals surface area contributed by atoms with Crippen LogP contribution < -0.4 is 4.72 Å². The van der Waals surface area contributed by atoms with E-state index in [0.717, 1.165) is 0 Å². The van der Waals surface area contributed by atoms with Gasteiger partial charge in [-0.3, -0.25) is 4.68 Å². The van der Waals surface area contributed by atoms with Crippen molar-refractivity contribution in [3.05, 3.63) is 11.8 Å². The Morgan fingerprint density at radius 2 is 2.10 bits per heavy atom. The average Bonchev–Trinajstić information content (AvgIpc) is 2.99. The summed E-state index contributed by atoms with van der Waals surface area (Å²) in [7, 11) is -2.13. The summed E-state index contributed by atoms with van der Waals surface area (Å²) < 4.78 is 39.4. The van der Waals surface area contributed by atoms with Gasteiger partial charge in [0.2, 0.25) is 0 Å². The van der Waals surface area contributed by atoms with Gasteiger partial charge in [0.15, 0.2) is 5.03 Å². The standard InChI is InChI=1S/C11H17N3O5S/c1-6-3-9(14(2)12-6)20(16,17)13-7-4-18-11-8(15)5-19-10(7)11/h3,7-8,10-11,13,15H,4-5H2,1-2H3/t7-,8-,10-,11-/m1/s1. The van der Waals surface area contributed by atoms with E-state index in [4.69, 9.17) is 9.47 Å². The van der Waals surface area contributed by atoms with Crippen LogP contribution in [-0.2, 0) is 26.5 Å². The zero-order chi connectivity index (χ0) is 14.5. The highest BCUT2D eigenvalue weighted by Crippen LogP contribution is 2.27. The first-order valence-electron chi connectivity index (χ1n) is 6.33. The Hall–Kier alpha value is -1.00. The molecule has 1 aromatic heterocycles. The van der Waals surface area contributed by atoms with Crippen LogP contribution in [0.4, 0.5) is 0 Å². The molecule has 2 fully saturated rings. The largest absolute Gasteiger partial charge is 0.388 e. The van der Waals surface area contributed by atoms with Crippen molar-refractivity contribution in [2.45, 2.75) is 36.3 Å². The summed E-state index contributed by atoms with van der Waals surface area (Å²) in [6.07, 6.45) is -1.61. The van der Waals surface area contributed by atoms with Crippen molar-refractivity contribution in [3.63, 3.8) is 0 Å². The van der Waals surface area contributed by atoms with Crippen molar-refractivity contribution >= 4 is 10.0 Å². The molecule has 2 aliphatic rings. The molecular formula is C11H17N3O5S. The van der Waals surface area contributed by atoms with Crippen LogP contribution >= 0.6 is 0 Å². The molecule has 8 nitrogen and oxygen atoms in total. The molecule has 0 aromatic carbocycles. The topological polar surface area (TPSA) is 103 Å². The minimum atomic E-state index is -3.70. The molecular weight excluding hydrogens is 286 g/mol. The average molecular weight is 303 g/mol. The summed E-state index contributed by atoms with van der Waals surface area (Å²) in [4.78, 5) is 0. The van der Waals surface area contributed by atoms with Crippen LogP contribution in [0, 0.1) is 6.92 Å². The molecule has 1 aromatic rings. The molecule has 112 valence electrons. The van der Waals surface area contributed by atoms with Gasteiger partial charge in [-0.2, -0.15) is 5.10 Å². The normalized spacial score (nSPS) is 33.5. The van der Waals surface area contributed by atoms with Crippen LogP contribution in [0.15, 0.2) is 11.1 Å². The van der Waals surface area contributed by atoms with Crippen molar-refractivity contribution in [1.82, 2.24) is 14.5 Å². The Balaban J connectivity index is 1.79. The highest BCUT2D eigenvalue weighted by Gasteiger charge is 2.48. The van der Waals surface area contributed by atoms with Gasteiger partial charge in [-0.25, -0.2) is 13.1 Å². The Morgan fingerprint density at radius 1 is 1.40 bits per heavy atom. The molecule has 9 heteroatoms. The van der Waals surface area contributed by atoms with Crippen LogP contribution in [0.2, 0.25) is 0 Å². The maximum absolute atomic E-state index is 12.3. The molecule has 0 spiro atoms. The van der Waals surface area contributed by atoms with Gasteiger partial charge in [0.1, 0.15) is 18.3 Å². The molecule has 20 heavy (non-hydrogen) atoms. The molecule has 0 amide bonds. The van der Waals surface area contributed by atoms with Gasteiger partial charge in [-0.05, 0) is 13.0 Å². The number of aliphatic hydroxyl groups excluding tert-OH is 1. The van der Waals surface area contributed by atoms with Gasteiger partial charge in [0.05, 0.1) is 24.9 Å². The van der Waals surface area contributed by atoms with Gasteiger partial charge >= 0.3 is 0 Å². The third kappa shape index (κ3) is 2.25. The molecule has 3 heterocycles. The second-order valence-corrected chi connectivity index (χ2v) is 6.80. The smallest absolute Gasteiger partial charge is 0.258 e. The van der Waals surface area contributed by atoms with E-state index in [1.165, 1.54) is 10.7 Å². The second kappa shape index (κ2) is 4.78. The first-order chi connectivity index (χ1) is 9.38. The number of fused-ring (bicyclic) bond motifs is 1. The van der Waals surface area contributed by atoms with Crippen LogP contribution in [0.1, 0.15) is 5.69 Å². The summed E-state index contributed by atoms with van der Waals surface area (Å²) in [5.74, 6) is 0. The molecule has 2 N–H and O–H groups in total. The lowest BCUT2D eigenvalue weighted by Gasteiger charge is -2.17. The molecule has 3 rings (SSSR count). The molecule has 0 saturated carbocycles. The summed E-state index contributed by atoms with van der Waals surface area (Å²) in [5, 5.41) is 13.8. The number of nitrogens with zero attached hydrogens (tertiary/aromatic N) is 2. The minimum absolute atomic E-state index is 0.0944. The number of aromatic nitrogens is 2. The number of aliphatic hydroxyl groups is 1. The first-order valence-corrected chi connectivity index (χ1v) is 7.81. The van der Waals surface area contributed by atoms with E-state index in [-0.39, 0.29) is 18.2 Å². The predicted molar refractivity (Wildman–Crippen MR) is 67.5 cm³/mol. The molecule has 0 unspecified atom stereocenters. The monoisotopic (exact) mass is 303 g/mol. The van der Waals surface area contributed by atoms with Crippen LogP contribution in [0.5, 0.6) is 0 Å². The van der Waals surface area contributed by atoms with Gasteiger partial charge in [0, 0.05) is 7.05 Å². The molecule has 0 aliphatic carbocycles. The zero-order valence-corrected chi connectivity index (χ0v) is 12.0. The highest BCUT2D eigenvalue weighted by atomic mass is 32.2. The van der Waals surface area contributed by atoms with Crippen LogP contribution in [-0.4, -0.2) is 60.9 Å². The second-order valence-electron chi connectivity index (χ2n) is 5.14. The Bertz CT molecular complexity index is 614. The summed E-state index contributed by atoms with van der Waals surface area (Å²) in [5.41, 5.74) is 0.626. The van der Waals surface area contributed by atoms with Crippen LogP contribution in [0.25, 0.3) is 0 Å². The van der Waals surface area contributed by atoms with Crippen molar-refractivity contribution < 1.29 is 23.0 Å². The zero-order valence-electron chi connectivity index (χ0n) is 11.2. The maximum Gasteiger partial charge on any atom is 0.258 e.